The van der Waals surface area contributed by atoms with Crippen molar-refractivity contribution in [2.45, 2.75) is 19.4 Å². The fourth-order valence-corrected chi connectivity index (χ4v) is 2.90. The molecule has 0 aliphatic carbocycles. The monoisotopic (exact) mass is 357 g/mol. The molecular formula is C19H16ClNO4. The normalized spacial score (nSPS) is 13.1. The number of carbonyl (C=O) groups is 3. The van der Waals surface area contributed by atoms with E-state index in [-0.39, 0.29) is 37.4 Å². The molecule has 0 saturated heterocycles. The van der Waals surface area contributed by atoms with Crippen LogP contribution < -0.4 is 0 Å². The van der Waals surface area contributed by atoms with Crippen molar-refractivity contribution in [3.05, 3.63) is 70.2 Å². The Morgan fingerprint density at radius 1 is 1.00 bits per heavy atom. The Kier molecular flexibility index (Phi) is 5.14. The minimum atomic E-state index is -0.378. The molecule has 1 aliphatic heterocycles. The number of ether oxygens (including phenoxy) is 1. The van der Waals surface area contributed by atoms with Crippen LogP contribution in [0.2, 0.25) is 5.02 Å². The van der Waals surface area contributed by atoms with Crippen molar-refractivity contribution < 1.29 is 19.1 Å². The molecule has 3 rings (SSSR count). The van der Waals surface area contributed by atoms with Gasteiger partial charge < -0.3 is 4.74 Å². The number of fused-ring (bicyclic) bond motifs is 1. The molecule has 0 saturated carbocycles. The first-order valence-corrected chi connectivity index (χ1v) is 8.29. The van der Waals surface area contributed by atoms with Gasteiger partial charge in [-0.25, -0.2) is 0 Å². The number of hydrogen-bond acceptors (Lipinski definition) is 4. The topological polar surface area (TPSA) is 63.7 Å². The molecule has 2 aromatic rings. The number of nitrogens with zero attached hydrogens (tertiary/aromatic N) is 1. The Labute approximate surface area is 150 Å². The van der Waals surface area contributed by atoms with Gasteiger partial charge in [-0.3, -0.25) is 19.3 Å². The number of benzene rings is 2. The quantitative estimate of drug-likeness (QED) is 0.586. The van der Waals surface area contributed by atoms with E-state index in [1.807, 2.05) is 6.07 Å². The molecule has 0 bridgehead atoms. The lowest BCUT2D eigenvalue weighted by Crippen LogP contribution is -2.31. The van der Waals surface area contributed by atoms with Crippen LogP contribution in [0.25, 0.3) is 0 Å². The highest BCUT2D eigenvalue weighted by Gasteiger charge is 2.34. The van der Waals surface area contributed by atoms with Gasteiger partial charge in [0.2, 0.25) is 0 Å². The number of carbonyl (C=O) groups excluding carboxylic acids is 3. The average Bonchev–Trinajstić information content (AvgIpc) is 2.85. The van der Waals surface area contributed by atoms with E-state index in [2.05, 4.69) is 0 Å². The van der Waals surface area contributed by atoms with Gasteiger partial charge in [0.25, 0.3) is 11.8 Å². The summed E-state index contributed by atoms with van der Waals surface area (Å²) in [6, 6.07) is 13.8. The first-order chi connectivity index (χ1) is 12.1. The van der Waals surface area contributed by atoms with Crippen molar-refractivity contribution in [2.24, 2.45) is 0 Å². The lowest BCUT2D eigenvalue weighted by atomic mass is 10.1. The van der Waals surface area contributed by atoms with Crippen LogP contribution >= 0.6 is 11.6 Å². The van der Waals surface area contributed by atoms with Crippen molar-refractivity contribution in [3.8, 4) is 0 Å². The number of hydrogen-bond donors (Lipinski definition) is 0. The third-order valence-electron chi connectivity index (χ3n) is 3.93. The molecule has 2 amide bonds. The Morgan fingerprint density at radius 2 is 1.68 bits per heavy atom. The zero-order chi connectivity index (χ0) is 17.8. The first-order valence-electron chi connectivity index (χ1n) is 7.91. The molecule has 2 aromatic carbocycles. The second kappa shape index (κ2) is 7.49. The standard InChI is InChI=1S/C19H16ClNO4/c20-14-6-3-5-13(11-14)12-25-17(22)9-4-10-21-18(23)15-7-1-2-8-16(15)19(21)24/h1-3,5-8,11H,4,9-10,12H2. The van der Waals surface area contributed by atoms with Gasteiger partial charge in [0.05, 0.1) is 11.1 Å². The van der Waals surface area contributed by atoms with E-state index >= 15 is 0 Å². The minimum Gasteiger partial charge on any atom is -0.461 e. The van der Waals surface area contributed by atoms with Crippen LogP contribution in [-0.2, 0) is 16.1 Å². The molecule has 0 radical (unpaired) electrons. The van der Waals surface area contributed by atoms with Gasteiger partial charge in [-0.1, -0.05) is 35.9 Å². The molecule has 0 atom stereocenters. The maximum Gasteiger partial charge on any atom is 0.306 e. The van der Waals surface area contributed by atoms with E-state index < -0.39 is 0 Å². The molecule has 0 aromatic heterocycles. The zero-order valence-corrected chi connectivity index (χ0v) is 14.2. The Balaban J connectivity index is 1.46. The van der Waals surface area contributed by atoms with Gasteiger partial charge >= 0.3 is 5.97 Å². The van der Waals surface area contributed by atoms with Gasteiger partial charge in [-0.2, -0.15) is 0 Å². The number of esters is 1. The van der Waals surface area contributed by atoms with E-state index in [9.17, 15) is 14.4 Å². The minimum absolute atomic E-state index is 0.133. The van der Waals surface area contributed by atoms with Gasteiger partial charge in [-0.15, -0.1) is 0 Å². The number of imide groups is 1. The Morgan fingerprint density at radius 3 is 2.32 bits per heavy atom. The molecular weight excluding hydrogens is 342 g/mol. The molecule has 128 valence electrons. The summed E-state index contributed by atoms with van der Waals surface area (Å²) in [5, 5.41) is 0.583. The lowest BCUT2D eigenvalue weighted by molar-refractivity contribution is -0.145. The van der Waals surface area contributed by atoms with Crippen molar-refractivity contribution in [1.29, 1.82) is 0 Å². The van der Waals surface area contributed by atoms with Gasteiger partial charge in [-0.05, 0) is 36.2 Å². The lowest BCUT2D eigenvalue weighted by Gasteiger charge is -2.13. The molecule has 5 nitrogen and oxygen atoms in total. The Bertz CT molecular complexity index is 799. The van der Waals surface area contributed by atoms with Crippen LogP contribution in [0, 0.1) is 0 Å². The number of amides is 2. The highest BCUT2D eigenvalue weighted by atomic mass is 35.5. The fourth-order valence-electron chi connectivity index (χ4n) is 2.69. The van der Waals surface area contributed by atoms with Crippen LogP contribution in [0.1, 0.15) is 39.1 Å². The molecule has 1 heterocycles. The summed E-state index contributed by atoms with van der Waals surface area (Å²) < 4.78 is 5.18. The highest BCUT2D eigenvalue weighted by Crippen LogP contribution is 2.22. The van der Waals surface area contributed by atoms with Crippen LogP contribution in [0.15, 0.2) is 48.5 Å². The third kappa shape index (κ3) is 3.88. The van der Waals surface area contributed by atoms with E-state index in [4.69, 9.17) is 16.3 Å². The predicted octanol–water partition coefficient (Wildman–Crippen LogP) is 3.46. The van der Waals surface area contributed by atoms with Crippen LogP contribution in [-0.4, -0.2) is 29.2 Å². The predicted molar refractivity (Wildman–Crippen MR) is 92.3 cm³/mol. The molecule has 1 aliphatic rings. The van der Waals surface area contributed by atoms with Crippen LogP contribution in [0.3, 0.4) is 0 Å². The van der Waals surface area contributed by atoms with Gasteiger partial charge in [0.15, 0.2) is 0 Å². The molecule has 6 heteroatoms. The summed E-state index contributed by atoms with van der Waals surface area (Å²) in [7, 11) is 0. The van der Waals surface area contributed by atoms with Crippen molar-refractivity contribution >= 4 is 29.4 Å². The number of halogens is 1. The second-order valence-electron chi connectivity index (χ2n) is 5.70. The van der Waals surface area contributed by atoms with Crippen LogP contribution in [0.5, 0.6) is 0 Å². The smallest absolute Gasteiger partial charge is 0.306 e. The number of rotatable bonds is 6. The summed E-state index contributed by atoms with van der Waals surface area (Å²) in [6.45, 7) is 0.338. The van der Waals surface area contributed by atoms with E-state index in [1.165, 1.54) is 4.90 Å². The summed E-state index contributed by atoms with van der Waals surface area (Å²) in [5.74, 6) is -1.00. The van der Waals surface area contributed by atoms with Gasteiger partial charge in [0, 0.05) is 18.0 Å². The van der Waals surface area contributed by atoms with Crippen molar-refractivity contribution in [3.63, 3.8) is 0 Å². The highest BCUT2D eigenvalue weighted by molar-refractivity contribution is 6.30. The SMILES string of the molecule is O=C(CCCN1C(=O)c2ccccc2C1=O)OCc1cccc(Cl)c1. The van der Waals surface area contributed by atoms with E-state index in [0.29, 0.717) is 22.6 Å². The van der Waals surface area contributed by atoms with Crippen molar-refractivity contribution in [1.82, 2.24) is 4.90 Å². The first kappa shape index (κ1) is 17.2. The molecule has 0 fully saturated rings. The molecule has 25 heavy (non-hydrogen) atoms. The van der Waals surface area contributed by atoms with Crippen molar-refractivity contribution in [2.75, 3.05) is 6.54 Å². The van der Waals surface area contributed by atoms with Crippen LogP contribution in [0.4, 0.5) is 0 Å². The maximum absolute atomic E-state index is 12.2. The maximum atomic E-state index is 12.2. The third-order valence-corrected chi connectivity index (χ3v) is 4.16. The Hall–Kier alpha value is -2.66. The van der Waals surface area contributed by atoms with E-state index in [0.717, 1.165) is 5.56 Å². The average molecular weight is 358 g/mol. The van der Waals surface area contributed by atoms with E-state index in [1.54, 1.807) is 42.5 Å². The zero-order valence-electron chi connectivity index (χ0n) is 13.4. The largest absolute Gasteiger partial charge is 0.461 e. The van der Waals surface area contributed by atoms with Gasteiger partial charge in [0.1, 0.15) is 6.61 Å². The summed E-state index contributed by atoms with van der Waals surface area (Å²) >= 11 is 5.87. The second-order valence-corrected chi connectivity index (χ2v) is 6.14. The fraction of sp³-hybridized carbons (Fsp3) is 0.211. The molecule has 0 N–H and O–H groups in total. The summed E-state index contributed by atoms with van der Waals surface area (Å²) in [4.78, 5) is 37.4. The molecule has 0 unspecified atom stereocenters. The molecule has 0 spiro atoms. The summed E-state index contributed by atoms with van der Waals surface area (Å²) in [5.41, 5.74) is 1.63. The summed E-state index contributed by atoms with van der Waals surface area (Å²) in [6.07, 6.45) is 0.494.